The molecule has 0 aliphatic rings. The van der Waals surface area contributed by atoms with E-state index >= 15 is 0 Å². The zero-order valence-corrected chi connectivity index (χ0v) is 6.20. The van der Waals surface area contributed by atoms with Crippen LogP contribution in [0, 0.1) is 0 Å². The molecule has 0 bridgehead atoms. The van der Waals surface area contributed by atoms with Crippen LogP contribution in [0.25, 0.3) is 0 Å². The molecule has 1 aromatic carbocycles. The minimum Gasteiger partial charge on any atom is -0.264 e. The van der Waals surface area contributed by atoms with Gasteiger partial charge >= 0.3 is 0 Å². The van der Waals surface area contributed by atoms with Gasteiger partial charge in [0.05, 0.1) is 5.69 Å². The van der Waals surface area contributed by atoms with E-state index in [1.54, 1.807) is 0 Å². The zero-order chi connectivity index (χ0) is 6.69. The van der Waals surface area contributed by atoms with Crippen molar-refractivity contribution >= 4 is 26.9 Å². The molecular formula is C7H8NP. The number of hydrogen-bond donors (Lipinski definition) is 0. The van der Waals surface area contributed by atoms with Crippen LogP contribution in [-0.2, 0) is 0 Å². The Morgan fingerprint density at radius 2 is 2.00 bits per heavy atom. The fourth-order valence-electron chi connectivity index (χ4n) is 0.632. The van der Waals surface area contributed by atoms with Crippen molar-refractivity contribution in [3.63, 3.8) is 0 Å². The van der Waals surface area contributed by atoms with Gasteiger partial charge in [-0.2, -0.15) is 0 Å². The molecule has 2 heteroatoms. The van der Waals surface area contributed by atoms with E-state index in [4.69, 9.17) is 0 Å². The third-order valence-electron chi connectivity index (χ3n) is 1.11. The summed E-state index contributed by atoms with van der Waals surface area (Å²) in [4.78, 5) is 3.80. The molecule has 0 fully saturated rings. The molecule has 1 unspecified atom stereocenters. The molecule has 0 aliphatic carbocycles. The predicted molar refractivity (Wildman–Crippen MR) is 45.0 cm³/mol. The summed E-state index contributed by atoms with van der Waals surface area (Å²) in [6.45, 7) is 3.43. The van der Waals surface area contributed by atoms with Gasteiger partial charge in [-0.05, 0) is 18.1 Å². The summed E-state index contributed by atoms with van der Waals surface area (Å²) in [5.74, 6) is 0. The first-order valence-electron chi connectivity index (χ1n) is 2.66. The molecule has 0 saturated heterocycles. The van der Waals surface area contributed by atoms with Crippen molar-refractivity contribution in [2.24, 2.45) is 4.99 Å². The van der Waals surface area contributed by atoms with Crippen molar-refractivity contribution in [2.45, 2.75) is 0 Å². The summed E-state index contributed by atoms with van der Waals surface area (Å²) in [6.07, 6.45) is 0. The lowest BCUT2D eigenvalue weighted by Crippen LogP contribution is -1.87. The average Bonchev–Trinajstić information content (AvgIpc) is 1.89. The molecule has 0 saturated carbocycles. The fraction of sp³-hybridized carbons (Fsp3) is 0. The summed E-state index contributed by atoms with van der Waals surface area (Å²) in [5, 5.41) is 1.09. The molecule has 46 valence electrons. The van der Waals surface area contributed by atoms with E-state index in [9.17, 15) is 0 Å². The zero-order valence-electron chi connectivity index (χ0n) is 5.04. The monoisotopic (exact) mass is 137 g/mol. The maximum atomic E-state index is 3.80. The lowest BCUT2D eigenvalue weighted by atomic mass is 10.3. The molecule has 1 atom stereocenters. The molecule has 0 spiro atoms. The van der Waals surface area contributed by atoms with Crippen molar-refractivity contribution in [1.82, 2.24) is 0 Å². The summed E-state index contributed by atoms with van der Waals surface area (Å²) in [6, 6.07) is 7.82. The molecule has 0 amide bonds. The first-order chi connectivity index (χ1) is 4.34. The number of rotatable bonds is 1. The number of nitrogens with zero attached hydrogens (tertiary/aromatic N) is 1. The van der Waals surface area contributed by atoms with Crippen molar-refractivity contribution < 1.29 is 0 Å². The van der Waals surface area contributed by atoms with Crippen molar-refractivity contribution in [3.05, 3.63) is 24.3 Å². The van der Waals surface area contributed by atoms with E-state index in [0.29, 0.717) is 0 Å². The average molecular weight is 137 g/mol. The summed E-state index contributed by atoms with van der Waals surface area (Å²) < 4.78 is 0. The second kappa shape index (κ2) is 2.75. The Morgan fingerprint density at radius 1 is 1.33 bits per heavy atom. The molecule has 0 aromatic heterocycles. The molecule has 1 nitrogen and oxygen atoms in total. The lowest BCUT2D eigenvalue weighted by Gasteiger charge is -1.94. The third-order valence-corrected chi connectivity index (χ3v) is 1.60. The van der Waals surface area contributed by atoms with Gasteiger partial charge in [0.15, 0.2) is 0 Å². The fourth-order valence-corrected chi connectivity index (χ4v) is 0.930. The van der Waals surface area contributed by atoms with Crippen LogP contribution < -0.4 is 5.30 Å². The third kappa shape index (κ3) is 1.36. The van der Waals surface area contributed by atoms with E-state index in [0.717, 1.165) is 11.0 Å². The van der Waals surface area contributed by atoms with Crippen molar-refractivity contribution in [3.8, 4) is 0 Å². The second-order valence-corrected chi connectivity index (χ2v) is 2.34. The highest BCUT2D eigenvalue weighted by molar-refractivity contribution is 7.28. The molecule has 1 aromatic rings. The minimum atomic E-state index is 0.933. The van der Waals surface area contributed by atoms with Crippen LogP contribution in [0.4, 0.5) is 5.69 Å². The van der Waals surface area contributed by atoms with Crippen LogP contribution in [0.15, 0.2) is 29.3 Å². The van der Waals surface area contributed by atoms with Crippen molar-refractivity contribution in [1.29, 1.82) is 0 Å². The van der Waals surface area contributed by atoms with E-state index < -0.39 is 0 Å². The molecule has 0 N–H and O–H groups in total. The van der Waals surface area contributed by atoms with Gasteiger partial charge in [0.25, 0.3) is 0 Å². The number of hydrogen-bond acceptors (Lipinski definition) is 1. The summed E-state index contributed by atoms with van der Waals surface area (Å²) in [7, 11) is 2.60. The normalized spacial score (nSPS) is 9.00. The van der Waals surface area contributed by atoms with Crippen LogP contribution in [0.3, 0.4) is 0 Å². The summed E-state index contributed by atoms with van der Waals surface area (Å²) in [5.41, 5.74) is 0.933. The largest absolute Gasteiger partial charge is 0.264 e. The molecule has 0 heterocycles. The smallest absolute Gasteiger partial charge is 0.0693 e. The van der Waals surface area contributed by atoms with Gasteiger partial charge < -0.3 is 0 Å². The van der Waals surface area contributed by atoms with Crippen LogP contribution in [0.5, 0.6) is 0 Å². The van der Waals surface area contributed by atoms with E-state index in [-0.39, 0.29) is 0 Å². The molecule has 9 heavy (non-hydrogen) atoms. The predicted octanol–water partition coefficient (Wildman–Crippen LogP) is 1.52. The lowest BCUT2D eigenvalue weighted by molar-refractivity contribution is 1.59. The SMILES string of the molecule is C=Nc1ccccc1P. The van der Waals surface area contributed by atoms with E-state index in [2.05, 4.69) is 20.9 Å². The van der Waals surface area contributed by atoms with E-state index in [1.807, 2.05) is 24.3 Å². The maximum Gasteiger partial charge on any atom is 0.0693 e. The Labute approximate surface area is 57.0 Å². The number of benzene rings is 1. The quantitative estimate of drug-likeness (QED) is 0.411. The number of aliphatic imine (C=N–C) groups is 1. The minimum absolute atomic E-state index is 0.933. The van der Waals surface area contributed by atoms with Crippen molar-refractivity contribution in [2.75, 3.05) is 0 Å². The van der Waals surface area contributed by atoms with Crippen LogP contribution >= 0.6 is 9.24 Å². The first-order valence-corrected chi connectivity index (χ1v) is 3.23. The maximum absolute atomic E-state index is 3.80. The van der Waals surface area contributed by atoms with E-state index in [1.165, 1.54) is 0 Å². The van der Waals surface area contributed by atoms with Gasteiger partial charge in [0.2, 0.25) is 0 Å². The van der Waals surface area contributed by atoms with Gasteiger partial charge in [0.1, 0.15) is 0 Å². The topological polar surface area (TPSA) is 12.4 Å². The van der Waals surface area contributed by atoms with Crippen LogP contribution in [-0.4, -0.2) is 6.72 Å². The standard InChI is InChI=1S/C7H8NP/c1-8-6-4-2-3-5-7(6)9/h2-5H,1,9H2. The Bertz CT molecular complexity index is 220. The Balaban J connectivity index is 3.15. The molecule has 0 aliphatic heterocycles. The highest BCUT2D eigenvalue weighted by Gasteiger charge is 1.88. The van der Waals surface area contributed by atoms with Gasteiger partial charge in [0, 0.05) is 0 Å². The Kier molecular flexibility index (Phi) is 1.96. The highest BCUT2D eigenvalue weighted by Crippen LogP contribution is 2.08. The Morgan fingerprint density at radius 3 is 2.44 bits per heavy atom. The molecular weight excluding hydrogens is 129 g/mol. The highest BCUT2D eigenvalue weighted by atomic mass is 31.0. The molecule has 1 rings (SSSR count). The van der Waals surface area contributed by atoms with Gasteiger partial charge in [-0.1, -0.05) is 18.2 Å². The van der Waals surface area contributed by atoms with Crippen LogP contribution in [0.2, 0.25) is 0 Å². The Hall–Kier alpha value is -0.680. The van der Waals surface area contributed by atoms with Gasteiger partial charge in [-0.15, -0.1) is 9.24 Å². The van der Waals surface area contributed by atoms with Gasteiger partial charge in [-0.3, -0.25) is 4.99 Å². The van der Waals surface area contributed by atoms with Gasteiger partial charge in [-0.25, -0.2) is 0 Å². The molecule has 0 radical (unpaired) electrons. The van der Waals surface area contributed by atoms with Crippen LogP contribution in [0.1, 0.15) is 0 Å². The second-order valence-electron chi connectivity index (χ2n) is 1.72. The number of para-hydroxylation sites is 1. The summed E-state index contributed by atoms with van der Waals surface area (Å²) >= 11 is 0. The first kappa shape index (κ1) is 6.44.